The minimum absolute atomic E-state index is 0.0128. The summed E-state index contributed by atoms with van der Waals surface area (Å²) in [6.07, 6.45) is -4.91. The zero-order chi connectivity index (χ0) is 26.9. The van der Waals surface area contributed by atoms with Crippen LogP contribution in [0.1, 0.15) is 52.0 Å². The zero-order valence-corrected chi connectivity index (χ0v) is 20.5. The lowest BCUT2D eigenvalue weighted by Crippen LogP contribution is -2.42. The second-order valence-electron chi connectivity index (χ2n) is 10.7. The lowest BCUT2D eigenvalue weighted by molar-refractivity contribution is -0.190. The van der Waals surface area contributed by atoms with Gasteiger partial charge in [-0.3, -0.25) is 9.59 Å². The second-order valence-corrected chi connectivity index (χ2v) is 10.7. The van der Waals surface area contributed by atoms with E-state index >= 15 is 0 Å². The zero-order valence-electron chi connectivity index (χ0n) is 20.5. The highest BCUT2D eigenvalue weighted by Crippen LogP contribution is 2.58. The predicted molar refractivity (Wildman–Crippen MR) is 132 cm³/mol. The van der Waals surface area contributed by atoms with Crippen LogP contribution in [0.3, 0.4) is 0 Å². The average Bonchev–Trinajstić information content (AvgIpc) is 3.61. The van der Waals surface area contributed by atoms with Gasteiger partial charge in [-0.15, -0.1) is 0 Å². The molecule has 0 aromatic heterocycles. The molecule has 3 aromatic carbocycles. The van der Waals surface area contributed by atoms with E-state index in [0.29, 0.717) is 16.7 Å². The van der Waals surface area contributed by atoms with Crippen LogP contribution in [0.4, 0.5) is 22.0 Å². The molecule has 198 valence electrons. The van der Waals surface area contributed by atoms with Crippen LogP contribution in [0.25, 0.3) is 21.9 Å². The Bertz CT molecular complexity index is 1450. The summed E-state index contributed by atoms with van der Waals surface area (Å²) in [5.74, 6) is -3.39. The molecule has 0 atom stereocenters. The molecule has 1 aliphatic carbocycles. The molecule has 3 aliphatic rings. The maximum absolute atomic E-state index is 13.5. The quantitative estimate of drug-likeness (QED) is 0.355. The molecule has 0 bridgehead atoms. The Hall–Kier alpha value is -3.49. The Morgan fingerprint density at radius 3 is 2.32 bits per heavy atom. The largest absolute Gasteiger partial charge is 0.396 e. The SMILES string of the molecule is O=C(c1ccc2c(-c3ccc4c(c3)CN(CC3(C(F)(F)F)CC3)C4=O)cccc2c1)N1CCC(F)(F)CC1. The number of amides is 2. The van der Waals surface area contributed by atoms with E-state index in [2.05, 4.69) is 0 Å². The van der Waals surface area contributed by atoms with Crippen molar-refractivity contribution in [3.05, 3.63) is 71.3 Å². The minimum Gasteiger partial charge on any atom is -0.338 e. The van der Waals surface area contributed by atoms with Crippen molar-refractivity contribution in [1.82, 2.24) is 9.80 Å². The maximum Gasteiger partial charge on any atom is 0.396 e. The van der Waals surface area contributed by atoms with Gasteiger partial charge in [-0.2, -0.15) is 13.2 Å². The molecule has 9 heteroatoms. The summed E-state index contributed by atoms with van der Waals surface area (Å²) < 4.78 is 67.4. The van der Waals surface area contributed by atoms with Gasteiger partial charge >= 0.3 is 6.18 Å². The molecule has 3 aromatic rings. The minimum atomic E-state index is -4.32. The number of nitrogens with zero attached hydrogens (tertiary/aromatic N) is 2. The van der Waals surface area contributed by atoms with Crippen LogP contribution in [0.5, 0.6) is 0 Å². The lowest BCUT2D eigenvalue weighted by atomic mass is 9.94. The second kappa shape index (κ2) is 8.51. The topological polar surface area (TPSA) is 40.6 Å². The molecule has 1 saturated heterocycles. The van der Waals surface area contributed by atoms with E-state index in [0.717, 1.165) is 21.9 Å². The van der Waals surface area contributed by atoms with Gasteiger partial charge in [0.1, 0.15) is 0 Å². The molecule has 0 radical (unpaired) electrons. The number of piperidine rings is 1. The van der Waals surface area contributed by atoms with Crippen LogP contribution in [0.15, 0.2) is 54.6 Å². The number of carbonyl (C=O) groups excluding carboxylic acids is 2. The maximum atomic E-state index is 13.5. The van der Waals surface area contributed by atoms with Gasteiger partial charge in [-0.05, 0) is 64.6 Å². The van der Waals surface area contributed by atoms with Crippen molar-refractivity contribution in [2.75, 3.05) is 19.6 Å². The summed E-state index contributed by atoms with van der Waals surface area (Å²) in [7, 11) is 0. The summed E-state index contributed by atoms with van der Waals surface area (Å²) in [6, 6.07) is 16.2. The molecular formula is C29H25F5N2O2. The molecule has 4 nitrogen and oxygen atoms in total. The monoisotopic (exact) mass is 528 g/mol. The first-order chi connectivity index (χ1) is 18.0. The van der Waals surface area contributed by atoms with E-state index in [9.17, 15) is 31.5 Å². The van der Waals surface area contributed by atoms with Gasteiger partial charge in [-0.1, -0.05) is 30.3 Å². The fourth-order valence-electron chi connectivity index (χ4n) is 5.61. The highest BCUT2D eigenvalue weighted by molar-refractivity contribution is 6.04. The van der Waals surface area contributed by atoms with Crippen molar-refractivity contribution < 1.29 is 31.5 Å². The van der Waals surface area contributed by atoms with Crippen LogP contribution >= 0.6 is 0 Å². The van der Waals surface area contributed by atoms with Crippen molar-refractivity contribution in [3.63, 3.8) is 0 Å². The van der Waals surface area contributed by atoms with Crippen LogP contribution < -0.4 is 0 Å². The molecule has 1 saturated carbocycles. The number of hydrogen-bond acceptors (Lipinski definition) is 2. The average molecular weight is 529 g/mol. The number of alkyl halides is 5. The highest BCUT2D eigenvalue weighted by atomic mass is 19.4. The van der Waals surface area contributed by atoms with E-state index in [1.54, 1.807) is 24.3 Å². The Morgan fingerprint density at radius 1 is 0.895 bits per heavy atom. The van der Waals surface area contributed by atoms with Crippen molar-refractivity contribution >= 4 is 22.6 Å². The van der Waals surface area contributed by atoms with E-state index in [4.69, 9.17) is 0 Å². The van der Waals surface area contributed by atoms with Gasteiger partial charge in [0.05, 0.1) is 5.41 Å². The number of halogens is 5. The highest BCUT2D eigenvalue weighted by Gasteiger charge is 2.64. The predicted octanol–water partition coefficient (Wildman–Crippen LogP) is 6.68. The van der Waals surface area contributed by atoms with Crippen molar-refractivity contribution in [2.24, 2.45) is 5.41 Å². The lowest BCUT2D eigenvalue weighted by Gasteiger charge is -2.31. The molecule has 38 heavy (non-hydrogen) atoms. The van der Waals surface area contributed by atoms with Gasteiger partial charge in [0.15, 0.2) is 0 Å². The molecular weight excluding hydrogens is 503 g/mol. The van der Waals surface area contributed by atoms with Crippen LogP contribution in [0, 0.1) is 5.41 Å². The molecule has 0 spiro atoms. The number of carbonyl (C=O) groups is 2. The summed E-state index contributed by atoms with van der Waals surface area (Å²) in [5, 5.41) is 1.67. The fraction of sp³-hybridized carbons (Fsp3) is 0.379. The number of rotatable bonds is 4. The van der Waals surface area contributed by atoms with E-state index < -0.39 is 17.5 Å². The smallest absolute Gasteiger partial charge is 0.338 e. The van der Waals surface area contributed by atoms with Crippen molar-refractivity contribution in [3.8, 4) is 11.1 Å². The summed E-state index contributed by atoms with van der Waals surface area (Å²) in [5.41, 5.74) is 1.44. The first kappa shape index (κ1) is 24.8. The van der Waals surface area contributed by atoms with E-state index in [-0.39, 0.29) is 63.7 Å². The van der Waals surface area contributed by atoms with Crippen molar-refractivity contribution in [1.29, 1.82) is 0 Å². The number of likely N-dealkylation sites (tertiary alicyclic amines) is 1. The molecule has 2 heterocycles. The normalized spacial score (nSPS) is 20.1. The summed E-state index contributed by atoms with van der Waals surface area (Å²) in [6.45, 7) is -0.158. The molecule has 2 fully saturated rings. The third-order valence-corrected chi connectivity index (χ3v) is 8.15. The Morgan fingerprint density at radius 2 is 1.63 bits per heavy atom. The third kappa shape index (κ3) is 4.22. The first-order valence-corrected chi connectivity index (χ1v) is 12.7. The Labute approximate surface area is 216 Å². The molecule has 2 aliphatic heterocycles. The Kier molecular flexibility index (Phi) is 5.56. The first-order valence-electron chi connectivity index (χ1n) is 12.7. The molecule has 0 unspecified atom stereocenters. The number of benzene rings is 3. The van der Waals surface area contributed by atoms with Crippen LogP contribution in [0.2, 0.25) is 0 Å². The third-order valence-electron chi connectivity index (χ3n) is 8.15. The molecule has 2 amide bonds. The molecule has 6 rings (SSSR count). The number of fused-ring (bicyclic) bond motifs is 2. The van der Waals surface area contributed by atoms with Gasteiger partial charge in [0, 0.05) is 50.1 Å². The van der Waals surface area contributed by atoms with Gasteiger partial charge in [0.2, 0.25) is 0 Å². The standard InChI is InChI=1S/C29H25F5N2O2/c30-28(31)10-12-35(13-11-28)25(37)20-5-6-23-18(14-20)2-1-3-22(23)19-4-7-24-21(15-19)16-36(26(24)38)17-27(8-9-27)29(32,33)34/h1-7,14-15H,8-13,16-17H2. The van der Waals surface area contributed by atoms with Crippen LogP contribution in [-0.2, 0) is 6.54 Å². The van der Waals surface area contributed by atoms with E-state index in [1.165, 1.54) is 9.80 Å². The summed E-state index contributed by atoms with van der Waals surface area (Å²) >= 11 is 0. The van der Waals surface area contributed by atoms with Crippen molar-refractivity contribution in [2.45, 2.75) is 44.3 Å². The molecule has 0 N–H and O–H groups in total. The summed E-state index contributed by atoms with van der Waals surface area (Å²) in [4.78, 5) is 28.5. The number of hydrogen-bond donors (Lipinski definition) is 0. The fourth-order valence-corrected chi connectivity index (χ4v) is 5.61. The van der Waals surface area contributed by atoms with Crippen LogP contribution in [-0.4, -0.2) is 53.3 Å². The van der Waals surface area contributed by atoms with Gasteiger partial charge in [-0.25, -0.2) is 8.78 Å². The van der Waals surface area contributed by atoms with E-state index in [1.807, 2.05) is 30.3 Å². The van der Waals surface area contributed by atoms with Gasteiger partial charge < -0.3 is 9.80 Å². The Balaban J connectivity index is 1.25. The van der Waals surface area contributed by atoms with Gasteiger partial charge in [0.25, 0.3) is 17.7 Å².